The summed E-state index contributed by atoms with van der Waals surface area (Å²) in [4.78, 5) is 0. The molecule has 1 nitrogen and oxygen atoms in total. The van der Waals surface area contributed by atoms with Gasteiger partial charge in [0.15, 0.2) is 0 Å². The summed E-state index contributed by atoms with van der Waals surface area (Å²) in [5.41, 5.74) is 1.25. The Labute approximate surface area is 84.3 Å². The van der Waals surface area contributed by atoms with E-state index < -0.39 is 6.17 Å². The average Bonchev–Trinajstić information content (AvgIpc) is 2.23. The Morgan fingerprint density at radius 3 is 2.79 bits per heavy atom. The Hall–Kier alpha value is -0.890. The lowest BCUT2D eigenvalue weighted by atomic mass is 9.89. The fraction of sp³-hybridized carbons (Fsp3) is 0.500. The Balaban J connectivity index is 1.96. The van der Waals surface area contributed by atoms with Crippen molar-refractivity contribution >= 4 is 0 Å². The van der Waals surface area contributed by atoms with Crippen LogP contribution in [0.3, 0.4) is 0 Å². The van der Waals surface area contributed by atoms with Crippen LogP contribution in [0.5, 0.6) is 0 Å². The smallest absolute Gasteiger partial charge is 0.116 e. The third-order valence-corrected chi connectivity index (χ3v) is 2.88. The molecule has 0 spiro atoms. The van der Waals surface area contributed by atoms with Gasteiger partial charge in [-0.15, -0.1) is 0 Å². The average molecular weight is 193 g/mol. The minimum atomic E-state index is -0.677. The predicted molar refractivity (Wildman–Crippen MR) is 56.0 cm³/mol. The largest absolute Gasteiger partial charge is 0.314 e. The number of hydrogen-bond donors (Lipinski definition) is 1. The van der Waals surface area contributed by atoms with Crippen molar-refractivity contribution in [2.24, 2.45) is 5.92 Å². The van der Waals surface area contributed by atoms with Crippen LogP contribution in [0.15, 0.2) is 30.3 Å². The number of benzene rings is 1. The van der Waals surface area contributed by atoms with Crippen LogP contribution in [0.25, 0.3) is 0 Å². The molecule has 2 rings (SSSR count). The van der Waals surface area contributed by atoms with Gasteiger partial charge in [0.25, 0.3) is 0 Å². The first kappa shape index (κ1) is 9.66. The lowest BCUT2D eigenvalue weighted by Crippen LogP contribution is -2.38. The summed E-state index contributed by atoms with van der Waals surface area (Å²) in [6, 6.07) is 10.2. The Morgan fingerprint density at radius 2 is 2.07 bits per heavy atom. The molecule has 0 aliphatic carbocycles. The summed E-state index contributed by atoms with van der Waals surface area (Å²) in [7, 11) is 0. The molecule has 0 bridgehead atoms. The molecule has 1 fully saturated rings. The van der Waals surface area contributed by atoms with Crippen LogP contribution in [0.2, 0.25) is 0 Å². The highest BCUT2D eigenvalue weighted by Crippen LogP contribution is 2.20. The first-order chi connectivity index (χ1) is 6.86. The van der Waals surface area contributed by atoms with Crippen molar-refractivity contribution in [2.75, 3.05) is 13.1 Å². The summed E-state index contributed by atoms with van der Waals surface area (Å²) >= 11 is 0. The van der Waals surface area contributed by atoms with Gasteiger partial charge in [0, 0.05) is 6.54 Å². The van der Waals surface area contributed by atoms with E-state index in [9.17, 15) is 4.39 Å². The van der Waals surface area contributed by atoms with E-state index in [1.807, 2.05) is 18.2 Å². The number of alkyl halides is 1. The molecule has 0 unspecified atom stereocenters. The highest BCUT2D eigenvalue weighted by Gasteiger charge is 2.24. The molecule has 1 N–H and O–H groups in total. The van der Waals surface area contributed by atoms with Gasteiger partial charge in [0.05, 0.1) is 0 Å². The second-order valence-electron chi connectivity index (χ2n) is 3.96. The fourth-order valence-corrected chi connectivity index (χ4v) is 2.02. The highest BCUT2D eigenvalue weighted by atomic mass is 19.1. The minimum Gasteiger partial charge on any atom is -0.314 e. The van der Waals surface area contributed by atoms with E-state index in [2.05, 4.69) is 17.4 Å². The molecule has 2 heteroatoms. The second kappa shape index (κ2) is 4.56. The number of rotatable bonds is 2. The molecule has 1 saturated heterocycles. The summed E-state index contributed by atoms with van der Waals surface area (Å²) in [6.07, 6.45) is 1.16. The van der Waals surface area contributed by atoms with Gasteiger partial charge in [-0.3, -0.25) is 0 Å². The Kier molecular flexibility index (Phi) is 3.14. The number of nitrogens with one attached hydrogen (secondary N) is 1. The molecule has 76 valence electrons. The normalized spacial score (nSPS) is 27.5. The molecule has 0 radical (unpaired) electrons. The molecule has 0 aromatic heterocycles. The van der Waals surface area contributed by atoms with Gasteiger partial charge in [-0.2, -0.15) is 0 Å². The predicted octanol–water partition coefficient (Wildman–Crippen LogP) is 2.18. The highest BCUT2D eigenvalue weighted by molar-refractivity contribution is 5.15. The van der Waals surface area contributed by atoms with Crippen molar-refractivity contribution in [2.45, 2.75) is 19.0 Å². The molecule has 1 aromatic carbocycles. The number of halogens is 1. The Morgan fingerprint density at radius 1 is 1.29 bits per heavy atom. The molecule has 14 heavy (non-hydrogen) atoms. The first-order valence-corrected chi connectivity index (χ1v) is 5.25. The molecule has 1 aliphatic rings. The van der Waals surface area contributed by atoms with Crippen LogP contribution in [0, 0.1) is 5.92 Å². The summed E-state index contributed by atoms with van der Waals surface area (Å²) < 4.78 is 13.5. The van der Waals surface area contributed by atoms with Gasteiger partial charge in [0.2, 0.25) is 0 Å². The molecule has 1 heterocycles. The summed E-state index contributed by atoms with van der Waals surface area (Å²) in [5, 5.41) is 3.08. The van der Waals surface area contributed by atoms with Crippen LogP contribution in [0.1, 0.15) is 12.0 Å². The summed E-state index contributed by atoms with van der Waals surface area (Å²) in [5.74, 6) is 0.207. The minimum absolute atomic E-state index is 0.207. The molecular weight excluding hydrogens is 177 g/mol. The fourth-order valence-electron chi connectivity index (χ4n) is 2.02. The maximum Gasteiger partial charge on any atom is 0.116 e. The molecule has 1 aliphatic heterocycles. The van der Waals surface area contributed by atoms with Gasteiger partial charge in [-0.25, -0.2) is 4.39 Å². The van der Waals surface area contributed by atoms with Crippen LogP contribution in [0.4, 0.5) is 4.39 Å². The van der Waals surface area contributed by atoms with Crippen LogP contribution >= 0.6 is 0 Å². The van der Waals surface area contributed by atoms with Crippen molar-refractivity contribution in [3.63, 3.8) is 0 Å². The quantitative estimate of drug-likeness (QED) is 0.759. The first-order valence-electron chi connectivity index (χ1n) is 5.25. The van der Waals surface area contributed by atoms with E-state index >= 15 is 0 Å². The van der Waals surface area contributed by atoms with E-state index in [1.54, 1.807) is 0 Å². The molecule has 0 saturated carbocycles. The maximum atomic E-state index is 13.5. The third-order valence-electron chi connectivity index (χ3n) is 2.88. The van der Waals surface area contributed by atoms with Crippen LogP contribution in [-0.4, -0.2) is 19.3 Å². The van der Waals surface area contributed by atoms with Crippen LogP contribution < -0.4 is 5.32 Å². The summed E-state index contributed by atoms with van der Waals surface area (Å²) in [6.45, 7) is 1.48. The van der Waals surface area contributed by atoms with Gasteiger partial charge in [0.1, 0.15) is 6.17 Å². The third kappa shape index (κ3) is 2.32. The van der Waals surface area contributed by atoms with Crippen molar-refractivity contribution < 1.29 is 4.39 Å². The lowest BCUT2D eigenvalue weighted by molar-refractivity contribution is 0.179. The van der Waals surface area contributed by atoms with E-state index in [1.165, 1.54) is 5.56 Å². The zero-order chi connectivity index (χ0) is 9.80. The molecule has 0 amide bonds. The maximum absolute atomic E-state index is 13.5. The van der Waals surface area contributed by atoms with Gasteiger partial charge in [-0.1, -0.05) is 30.3 Å². The topological polar surface area (TPSA) is 12.0 Å². The van der Waals surface area contributed by atoms with E-state index in [4.69, 9.17) is 0 Å². The Bertz CT molecular complexity index is 273. The van der Waals surface area contributed by atoms with Crippen LogP contribution in [-0.2, 0) is 6.42 Å². The second-order valence-corrected chi connectivity index (χ2v) is 3.96. The van der Waals surface area contributed by atoms with Gasteiger partial charge < -0.3 is 5.32 Å². The van der Waals surface area contributed by atoms with Crippen molar-refractivity contribution in [3.8, 4) is 0 Å². The SMILES string of the molecule is F[C@@H]1CNCC[C@@H]1Cc1ccccc1. The molecule has 1 aromatic rings. The molecule has 2 atom stereocenters. The monoisotopic (exact) mass is 193 g/mol. The zero-order valence-electron chi connectivity index (χ0n) is 8.25. The standard InChI is InChI=1S/C12H16FN/c13-12-9-14-7-6-11(12)8-10-4-2-1-3-5-10/h1-5,11-12,14H,6-9H2/t11-,12-/m1/s1. The van der Waals surface area contributed by atoms with Crippen molar-refractivity contribution in [1.82, 2.24) is 5.32 Å². The molecular formula is C12H16FN. The number of hydrogen-bond acceptors (Lipinski definition) is 1. The van der Waals surface area contributed by atoms with Crippen molar-refractivity contribution in [3.05, 3.63) is 35.9 Å². The van der Waals surface area contributed by atoms with Gasteiger partial charge >= 0.3 is 0 Å². The van der Waals surface area contributed by atoms with Crippen molar-refractivity contribution in [1.29, 1.82) is 0 Å². The van der Waals surface area contributed by atoms with Gasteiger partial charge in [-0.05, 0) is 30.9 Å². The lowest BCUT2D eigenvalue weighted by Gasteiger charge is -2.26. The zero-order valence-corrected chi connectivity index (χ0v) is 8.25. The number of piperidine rings is 1. The van der Waals surface area contributed by atoms with E-state index in [-0.39, 0.29) is 5.92 Å². The van der Waals surface area contributed by atoms with E-state index in [0.717, 1.165) is 19.4 Å². The van der Waals surface area contributed by atoms with E-state index in [0.29, 0.717) is 6.54 Å².